The monoisotopic (exact) mass is 318 g/mol. The van der Waals surface area contributed by atoms with Crippen LogP contribution in [0.1, 0.15) is 18.4 Å². The van der Waals surface area contributed by atoms with Gasteiger partial charge in [-0.3, -0.25) is 4.79 Å². The van der Waals surface area contributed by atoms with Crippen LogP contribution < -0.4 is 14.8 Å². The minimum absolute atomic E-state index is 0.0248. The van der Waals surface area contributed by atoms with Gasteiger partial charge in [0.1, 0.15) is 0 Å². The number of nitrogens with one attached hydrogen (secondary N) is 1. The molecule has 1 amide bonds. The summed E-state index contributed by atoms with van der Waals surface area (Å²) in [6.07, 6.45) is 4.59. The maximum absolute atomic E-state index is 12.3. The third-order valence-corrected chi connectivity index (χ3v) is 4.22. The smallest absolute Gasteiger partial charge is 0.260 e. The van der Waals surface area contributed by atoms with Crippen LogP contribution in [0.15, 0.2) is 30.9 Å². The first-order valence-electron chi connectivity index (χ1n) is 8.03. The first kappa shape index (κ1) is 17.3. The molecule has 1 aliphatic heterocycles. The van der Waals surface area contributed by atoms with Crippen LogP contribution in [0.2, 0.25) is 0 Å². The number of rotatable bonds is 7. The summed E-state index contributed by atoms with van der Waals surface area (Å²) < 4.78 is 11.0. The highest BCUT2D eigenvalue weighted by Gasteiger charge is 2.22. The SMILES string of the molecule is C=CCc1ccc(OCC(=O)N2CCC(NC)CC2)c(OC)c1. The number of amides is 1. The number of piperidine rings is 1. The van der Waals surface area contributed by atoms with Gasteiger partial charge in [0, 0.05) is 19.1 Å². The van der Waals surface area contributed by atoms with Gasteiger partial charge in [0.2, 0.25) is 0 Å². The molecule has 0 saturated carbocycles. The Morgan fingerprint density at radius 1 is 1.39 bits per heavy atom. The van der Waals surface area contributed by atoms with E-state index in [9.17, 15) is 4.79 Å². The summed E-state index contributed by atoms with van der Waals surface area (Å²) in [6, 6.07) is 6.23. The maximum atomic E-state index is 12.3. The zero-order chi connectivity index (χ0) is 16.7. The van der Waals surface area contributed by atoms with E-state index in [-0.39, 0.29) is 12.5 Å². The summed E-state index contributed by atoms with van der Waals surface area (Å²) >= 11 is 0. The fourth-order valence-electron chi connectivity index (χ4n) is 2.77. The van der Waals surface area contributed by atoms with Crippen molar-refractivity contribution in [3.63, 3.8) is 0 Å². The lowest BCUT2D eigenvalue weighted by Crippen LogP contribution is -2.45. The molecule has 1 N–H and O–H groups in total. The van der Waals surface area contributed by atoms with Crippen LogP contribution in [0, 0.1) is 0 Å². The predicted octanol–water partition coefficient (Wildman–Crippen LogP) is 2.01. The number of allylic oxidation sites excluding steroid dienone is 1. The van der Waals surface area contributed by atoms with Crippen LogP contribution in [0.5, 0.6) is 11.5 Å². The number of hydrogen-bond donors (Lipinski definition) is 1. The lowest BCUT2D eigenvalue weighted by Gasteiger charge is -2.31. The number of hydrogen-bond acceptors (Lipinski definition) is 4. The molecule has 0 aliphatic carbocycles. The Bertz CT molecular complexity index is 537. The molecule has 5 nitrogen and oxygen atoms in total. The molecule has 2 rings (SSSR count). The molecule has 1 heterocycles. The first-order valence-corrected chi connectivity index (χ1v) is 8.03. The molecule has 1 saturated heterocycles. The van der Waals surface area contributed by atoms with Gasteiger partial charge >= 0.3 is 0 Å². The van der Waals surface area contributed by atoms with Gasteiger partial charge in [-0.1, -0.05) is 12.1 Å². The number of methoxy groups -OCH3 is 1. The Morgan fingerprint density at radius 3 is 2.74 bits per heavy atom. The van der Waals surface area contributed by atoms with Crippen molar-refractivity contribution in [3.05, 3.63) is 36.4 Å². The van der Waals surface area contributed by atoms with Crippen molar-refractivity contribution in [1.82, 2.24) is 10.2 Å². The number of benzene rings is 1. The van der Waals surface area contributed by atoms with E-state index in [1.54, 1.807) is 7.11 Å². The molecule has 5 heteroatoms. The molecular weight excluding hydrogens is 292 g/mol. The fraction of sp³-hybridized carbons (Fsp3) is 0.500. The highest BCUT2D eigenvalue weighted by molar-refractivity contribution is 5.78. The van der Waals surface area contributed by atoms with Gasteiger partial charge in [-0.15, -0.1) is 6.58 Å². The molecule has 0 aromatic heterocycles. The molecule has 0 unspecified atom stereocenters. The van der Waals surface area contributed by atoms with Gasteiger partial charge in [-0.25, -0.2) is 0 Å². The summed E-state index contributed by atoms with van der Waals surface area (Å²) in [5.41, 5.74) is 1.10. The number of ether oxygens (including phenoxy) is 2. The van der Waals surface area contributed by atoms with Crippen molar-refractivity contribution in [2.24, 2.45) is 0 Å². The molecule has 0 radical (unpaired) electrons. The third-order valence-electron chi connectivity index (χ3n) is 4.22. The van der Waals surface area contributed by atoms with Crippen LogP contribution in [0.4, 0.5) is 0 Å². The summed E-state index contributed by atoms with van der Waals surface area (Å²) in [5, 5.41) is 3.26. The second-order valence-corrected chi connectivity index (χ2v) is 5.71. The average molecular weight is 318 g/mol. The highest BCUT2D eigenvalue weighted by atomic mass is 16.5. The van der Waals surface area contributed by atoms with Crippen molar-refractivity contribution in [2.75, 3.05) is 33.9 Å². The summed E-state index contributed by atoms with van der Waals surface area (Å²) in [5.74, 6) is 1.27. The van der Waals surface area contributed by atoms with Crippen LogP contribution in [0.25, 0.3) is 0 Å². The largest absolute Gasteiger partial charge is 0.493 e. The van der Waals surface area contributed by atoms with Gasteiger partial charge in [0.05, 0.1) is 7.11 Å². The van der Waals surface area contributed by atoms with Crippen LogP contribution in [0.3, 0.4) is 0 Å². The quantitative estimate of drug-likeness (QED) is 0.782. The van der Waals surface area contributed by atoms with Gasteiger partial charge in [0.25, 0.3) is 5.91 Å². The fourth-order valence-corrected chi connectivity index (χ4v) is 2.77. The molecule has 0 atom stereocenters. The van der Waals surface area contributed by atoms with Gasteiger partial charge in [-0.05, 0) is 44.0 Å². The standard InChI is InChI=1S/C18H26N2O3/c1-4-5-14-6-7-16(17(12-14)22-3)23-13-18(21)20-10-8-15(19-2)9-11-20/h4,6-7,12,15,19H,1,5,8-11,13H2,2-3H3. The van der Waals surface area contributed by atoms with E-state index in [2.05, 4.69) is 11.9 Å². The summed E-state index contributed by atoms with van der Waals surface area (Å²) in [7, 11) is 3.57. The van der Waals surface area contributed by atoms with E-state index in [1.807, 2.05) is 36.2 Å². The normalized spacial score (nSPS) is 15.3. The molecule has 0 bridgehead atoms. The van der Waals surface area contributed by atoms with E-state index in [1.165, 1.54) is 0 Å². The van der Waals surface area contributed by atoms with Crippen molar-refractivity contribution < 1.29 is 14.3 Å². The van der Waals surface area contributed by atoms with E-state index in [4.69, 9.17) is 9.47 Å². The van der Waals surface area contributed by atoms with Crippen molar-refractivity contribution in [2.45, 2.75) is 25.3 Å². The van der Waals surface area contributed by atoms with E-state index < -0.39 is 0 Å². The topological polar surface area (TPSA) is 50.8 Å². The number of nitrogens with zero attached hydrogens (tertiary/aromatic N) is 1. The number of carbonyl (C=O) groups is 1. The van der Waals surface area contributed by atoms with Gasteiger partial charge in [0.15, 0.2) is 18.1 Å². The number of carbonyl (C=O) groups excluding carboxylic acids is 1. The summed E-state index contributed by atoms with van der Waals surface area (Å²) in [4.78, 5) is 14.1. The average Bonchev–Trinajstić information content (AvgIpc) is 2.60. The lowest BCUT2D eigenvalue weighted by atomic mass is 10.1. The Balaban J connectivity index is 1.90. The molecule has 1 fully saturated rings. The van der Waals surface area contributed by atoms with E-state index in [0.29, 0.717) is 17.5 Å². The summed E-state index contributed by atoms with van der Waals surface area (Å²) in [6.45, 7) is 5.33. The van der Waals surface area contributed by atoms with E-state index >= 15 is 0 Å². The van der Waals surface area contributed by atoms with Crippen molar-refractivity contribution >= 4 is 5.91 Å². The molecule has 1 aromatic rings. The molecule has 23 heavy (non-hydrogen) atoms. The van der Waals surface area contributed by atoms with Gasteiger partial charge in [-0.2, -0.15) is 0 Å². The van der Waals surface area contributed by atoms with E-state index in [0.717, 1.165) is 37.9 Å². The molecule has 126 valence electrons. The minimum Gasteiger partial charge on any atom is -0.493 e. The lowest BCUT2D eigenvalue weighted by molar-refractivity contribution is -0.134. The second kappa shape index (κ2) is 8.58. The highest BCUT2D eigenvalue weighted by Crippen LogP contribution is 2.28. The van der Waals surface area contributed by atoms with Crippen LogP contribution in [-0.4, -0.2) is 50.7 Å². The first-order chi connectivity index (χ1) is 11.2. The third kappa shape index (κ3) is 4.73. The minimum atomic E-state index is 0.0248. The molecule has 1 aromatic carbocycles. The Kier molecular flexibility index (Phi) is 6.47. The van der Waals surface area contributed by atoms with Crippen molar-refractivity contribution in [1.29, 1.82) is 0 Å². The molecular formula is C18H26N2O3. The van der Waals surface area contributed by atoms with Gasteiger partial charge < -0.3 is 19.7 Å². The van der Waals surface area contributed by atoms with Crippen molar-refractivity contribution in [3.8, 4) is 11.5 Å². The molecule has 0 spiro atoms. The van der Waals surface area contributed by atoms with Crippen LogP contribution >= 0.6 is 0 Å². The number of likely N-dealkylation sites (tertiary alicyclic amines) is 1. The zero-order valence-corrected chi connectivity index (χ0v) is 14.0. The zero-order valence-electron chi connectivity index (χ0n) is 14.0. The Hall–Kier alpha value is -2.01. The maximum Gasteiger partial charge on any atom is 0.260 e. The second-order valence-electron chi connectivity index (χ2n) is 5.71. The Labute approximate surface area is 138 Å². The Morgan fingerprint density at radius 2 is 2.13 bits per heavy atom. The van der Waals surface area contributed by atoms with Crippen LogP contribution in [-0.2, 0) is 11.2 Å². The predicted molar refractivity (Wildman–Crippen MR) is 91.1 cm³/mol. The molecule has 1 aliphatic rings.